The Kier molecular flexibility index (Phi) is 4.18. The fourth-order valence-electron chi connectivity index (χ4n) is 1.89. The summed E-state index contributed by atoms with van der Waals surface area (Å²) in [7, 11) is 0. The first kappa shape index (κ1) is 14.9. The molecular weight excluding hydrogens is 272 g/mol. The molecule has 21 heavy (non-hydrogen) atoms. The summed E-state index contributed by atoms with van der Waals surface area (Å²) < 4.78 is 5.64. The normalized spacial score (nSPS) is 12.0. The number of rotatable bonds is 4. The van der Waals surface area contributed by atoms with Crippen molar-refractivity contribution in [1.82, 2.24) is 4.98 Å². The van der Waals surface area contributed by atoms with Crippen LogP contribution < -0.4 is 4.74 Å². The van der Waals surface area contributed by atoms with E-state index in [1.165, 1.54) is 12.3 Å². The van der Waals surface area contributed by atoms with Crippen molar-refractivity contribution >= 4 is 5.69 Å². The van der Waals surface area contributed by atoms with Gasteiger partial charge in [-0.25, -0.2) is 4.98 Å². The quantitative estimate of drug-likeness (QED) is 0.688. The van der Waals surface area contributed by atoms with Crippen LogP contribution in [0.1, 0.15) is 29.7 Å². The molecule has 0 bridgehead atoms. The highest BCUT2D eigenvalue weighted by atomic mass is 16.6. The van der Waals surface area contributed by atoms with Gasteiger partial charge in [-0.2, -0.15) is 0 Å². The van der Waals surface area contributed by atoms with Gasteiger partial charge in [-0.3, -0.25) is 10.1 Å². The van der Waals surface area contributed by atoms with Crippen LogP contribution in [0.3, 0.4) is 0 Å². The maximum Gasteiger partial charge on any atom is 0.272 e. The number of hydrogen-bond acceptors (Lipinski definition) is 5. The second-order valence-corrected chi connectivity index (χ2v) is 4.87. The van der Waals surface area contributed by atoms with Crippen LogP contribution in [0.2, 0.25) is 0 Å². The Morgan fingerprint density at radius 1 is 1.29 bits per heavy atom. The van der Waals surface area contributed by atoms with Gasteiger partial charge in [0.2, 0.25) is 5.88 Å². The van der Waals surface area contributed by atoms with E-state index in [1.54, 1.807) is 39.0 Å². The highest BCUT2D eigenvalue weighted by Crippen LogP contribution is 2.30. The Bertz CT molecular complexity index is 666. The summed E-state index contributed by atoms with van der Waals surface area (Å²) in [5.41, 5.74) is 1.95. The van der Waals surface area contributed by atoms with Gasteiger partial charge in [0.1, 0.15) is 5.75 Å². The largest absolute Gasteiger partial charge is 0.439 e. The minimum absolute atomic E-state index is 0.0669. The molecule has 0 spiro atoms. The van der Waals surface area contributed by atoms with E-state index in [2.05, 4.69) is 4.98 Å². The number of aliphatic hydroxyl groups is 1. The van der Waals surface area contributed by atoms with Gasteiger partial charge >= 0.3 is 0 Å². The lowest BCUT2D eigenvalue weighted by Crippen LogP contribution is -1.97. The van der Waals surface area contributed by atoms with Crippen molar-refractivity contribution in [2.45, 2.75) is 26.9 Å². The molecule has 0 aliphatic heterocycles. The zero-order valence-corrected chi connectivity index (χ0v) is 12.0. The molecule has 0 fully saturated rings. The summed E-state index contributed by atoms with van der Waals surface area (Å²) in [4.78, 5) is 14.6. The Balaban J connectivity index is 2.27. The van der Waals surface area contributed by atoms with E-state index >= 15 is 0 Å². The van der Waals surface area contributed by atoms with E-state index in [0.717, 1.165) is 0 Å². The van der Waals surface area contributed by atoms with Gasteiger partial charge in [-0.05, 0) is 44.0 Å². The van der Waals surface area contributed by atoms with Crippen LogP contribution in [-0.4, -0.2) is 15.0 Å². The fourth-order valence-corrected chi connectivity index (χ4v) is 1.89. The Hall–Kier alpha value is -2.47. The summed E-state index contributed by atoms with van der Waals surface area (Å²) >= 11 is 0. The van der Waals surface area contributed by atoms with Gasteiger partial charge < -0.3 is 9.84 Å². The molecule has 6 heteroatoms. The van der Waals surface area contributed by atoms with Crippen molar-refractivity contribution in [2.24, 2.45) is 0 Å². The number of nitro benzene ring substituents is 1. The first-order chi connectivity index (χ1) is 9.88. The SMILES string of the molecule is Cc1cc([N+](=O)[O-])c(C)cc1Oc1ccc(C(C)O)cn1. The van der Waals surface area contributed by atoms with Crippen LogP contribution in [0, 0.1) is 24.0 Å². The van der Waals surface area contributed by atoms with Crippen molar-refractivity contribution in [2.75, 3.05) is 0 Å². The van der Waals surface area contributed by atoms with E-state index in [-0.39, 0.29) is 5.69 Å². The predicted molar refractivity (Wildman–Crippen MR) is 77.5 cm³/mol. The Morgan fingerprint density at radius 3 is 2.52 bits per heavy atom. The lowest BCUT2D eigenvalue weighted by atomic mass is 10.1. The topological polar surface area (TPSA) is 85.5 Å². The number of aliphatic hydroxyl groups excluding tert-OH is 1. The molecule has 0 amide bonds. The van der Waals surface area contributed by atoms with Gasteiger partial charge in [0.25, 0.3) is 5.69 Å². The summed E-state index contributed by atoms with van der Waals surface area (Å²) in [6, 6.07) is 6.48. The van der Waals surface area contributed by atoms with Crippen molar-refractivity contribution < 1.29 is 14.8 Å². The zero-order chi connectivity index (χ0) is 15.6. The number of nitro groups is 1. The molecule has 1 unspecified atom stereocenters. The second-order valence-electron chi connectivity index (χ2n) is 4.87. The lowest BCUT2D eigenvalue weighted by molar-refractivity contribution is -0.385. The first-order valence-corrected chi connectivity index (χ1v) is 6.46. The van der Waals surface area contributed by atoms with Gasteiger partial charge in [0, 0.05) is 23.9 Å². The van der Waals surface area contributed by atoms with Crippen LogP contribution in [-0.2, 0) is 0 Å². The molecule has 0 saturated heterocycles. The summed E-state index contributed by atoms with van der Waals surface area (Å²) in [5.74, 6) is 0.895. The van der Waals surface area contributed by atoms with Crippen LogP contribution >= 0.6 is 0 Å². The fraction of sp³-hybridized carbons (Fsp3) is 0.267. The van der Waals surface area contributed by atoms with Crippen molar-refractivity contribution in [1.29, 1.82) is 0 Å². The van der Waals surface area contributed by atoms with E-state index in [4.69, 9.17) is 4.74 Å². The Labute approximate surface area is 122 Å². The van der Waals surface area contributed by atoms with Gasteiger partial charge in [-0.1, -0.05) is 0 Å². The third kappa shape index (κ3) is 3.35. The summed E-state index contributed by atoms with van der Waals surface area (Å²) in [6.45, 7) is 5.06. The molecule has 1 atom stereocenters. The minimum Gasteiger partial charge on any atom is -0.439 e. The number of aromatic nitrogens is 1. The number of nitrogens with zero attached hydrogens (tertiary/aromatic N) is 2. The molecular formula is C15H16N2O4. The van der Waals surface area contributed by atoms with Crippen LogP contribution in [0.4, 0.5) is 5.69 Å². The second kappa shape index (κ2) is 5.88. The van der Waals surface area contributed by atoms with Crippen LogP contribution in [0.25, 0.3) is 0 Å². The molecule has 1 aromatic heterocycles. The molecule has 1 heterocycles. The van der Waals surface area contributed by atoms with E-state index < -0.39 is 11.0 Å². The highest BCUT2D eigenvalue weighted by molar-refractivity contribution is 5.50. The molecule has 0 saturated carbocycles. The molecule has 6 nitrogen and oxygen atoms in total. The van der Waals surface area contributed by atoms with Crippen LogP contribution in [0.15, 0.2) is 30.5 Å². The summed E-state index contributed by atoms with van der Waals surface area (Å²) in [5, 5.41) is 20.3. The maximum atomic E-state index is 10.9. The molecule has 0 aliphatic carbocycles. The molecule has 0 aliphatic rings. The molecule has 2 aromatic rings. The van der Waals surface area contributed by atoms with Crippen molar-refractivity contribution in [3.8, 4) is 11.6 Å². The van der Waals surface area contributed by atoms with Gasteiger partial charge in [-0.15, -0.1) is 0 Å². The van der Waals surface area contributed by atoms with E-state index in [1.807, 2.05) is 0 Å². The monoisotopic (exact) mass is 288 g/mol. The zero-order valence-electron chi connectivity index (χ0n) is 12.0. The summed E-state index contributed by atoms with van der Waals surface area (Å²) in [6.07, 6.45) is 0.947. The third-order valence-electron chi connectivity index (χ3n) is 3.15. The third-order valence-corrected chi connectivity index (χ3v) is 3.15. The number of benzene rings is 1. The Morgan fingerprint density at radius 2 is 2.00 bits per heavy atom. The average molecular weight is 288 g/mol. The minimum atomic E-state index is -0.588. The lowest BCUT2D eigenvalue weighted by Gasteiger charge is -2.10. The predicted octanol–water partition coefficient (Wildman–Crippen LogP) is 3.45. The number of pyridine rings is 1. The number of ether oxygens (including phenoxy) is 1. The first-order valence-electron chi connectivity index (χ1n) is 6.46. The molecule has 1 N–H and O–H groups in total. The van der Waals surface area contributed by atoms with E-state index in [0.29, 0.717) is 28.3 Å². The van der Waals surface area contributed by atoms with Crippen molar-refractivity contribution in [3.63, 3.8) is 0 Å². The molecule has 0 radical (unpaired) electrons. The van der Waals surface area contributed by atoms with Gasteiger partial charge in [0.05, 0.1) is 11.0 Å². The molecule has 110 valence electrons. The highest BCUT2D eigenvalue weighted by Gasteiger charge is 2.14. The maximum absolute atomic E-state index is 10.9. The number of aryl methyl sites for hydroxylation is 2. The number of hydrogen-bond donors (Lipinski definition) is 1. The van der Waals surface area contributed by atoms with E-state index in [9.17, 15) is 15.2 Å². The van der Waals surface area contributed by atoms with Gasteiger partial charge in [0.15, 0.2) is 0 Å². The smallest absolute Gasteiger partial charge is 0.272 e. The average Bonchev–Trinajstić information content (AvgIpc) is 2.42. The standard InChI is InChI=1S/C15H16N2O4/c1-9-7-14(10(2)6-13(9)17(19)20)21-15-5-4-12(8-16-15)11(3)18/h4-8,11,18H,1-3H3. The van der Waals surface area contributed by atoms with Crippen molar-refractivity contribution in [3.05, 3.63) is 57.3 Å². The molecule has 1 aromatic carbocycles. The van der Waals surface area contributed by atoms with Crippen LogP contribution in [0.5, 0.6) is 11.6 Å². The molecule has 2 rings (SSSR count).